The number of hydrogen-bond acceptors (Lipinski definition) is 1. The van der Waals surface area contributed by atoms with Crippen molar-refractivity contribution in [1.29, 1.82) is 5.26 Å². The second kappa shape index (κ2) is 3.39. The van der Waals surface area contributed by atoms with Crippen LogP contribution in [-0.4, -0.2) is 4.57 Å². The Morgan fingerprint density at radius 2 is 2.17 bits per heavy atom. The number of hydrogen-bond donors (Lipinski definition) is 0. The Balaban J connectivity index is 2.10. The lowest BCUT2D eigenvalue weighted by Gasteiger charge is -2.15. The standard InChI is InChI=1S/C15H13BrN2/c16-11-6-10-2-1-5-18-8-13(12(7-11)14(10)18)15(9-17)3-4-15/h6-8H,1-5H2. The Morgan fingerprint density at radius 3 is 2.89 bits per heavy atom. The second-order valence-corrected chi connectivity index (χ2v) is 6.41. The third-order valence-electron chi connectivity index (χ3n) is 4.34. The van der Waals surface area contributed by atoms with Gasteiger partial charge < -0.3 is 4.57 Å². The molecule has 90 valence electrons. The van der Waals surface area contributed by atoms with Gasteiger partial charge in [0, 0.05) is 22.6 Å². The van der Waals surface area contributed by atoms with E-state index in [9.17, 15) is 5.26 Å². The van der Waals surface area contributed by atoms with E-state index in [4.69, 9.17) is 0 Å². The van der Waals surface area contributed by atoms with E-state index in [2.05, 4.69) is 44.9 Å². The fourth-order valence-electron chi connectivity index (χ4n) is 3.24. The van der Waals surface area contributed by atoms with E-state index in [0.717, 1.165) is 30.3 Å². The molecule has 1 aromatic heterocycles. The fraction of sp³-hybridized carbons (Fsp3) is 0.400. The summed E-state index contributed by atoms with van der Waals surface area (Å²) in [6, 6.07) is 6.95. The van der Waals surface area contributed by atoms with Crippen LogP contribution in [0.2, 0.25) is 0 Å². The molecule has 18 heavy (non-hydrogen) atoms. The summed E-state index contributed by atoms with van der Waals surface area (Å²) in [7, 11) is 0. The first kappa shape index (κ1) is 10.6. The first-order chi connectivity index (χ1) is 8.73. The Morgan fingerprint density at radius 1 is 1.33 bits per heavy atom. The monoisotopic (exact) mass is 300 g/mol. The van der Waals surface area contributed by atoms with Gasteiger partial charge in [0.2, 0.25) is 0 Å². The van der Waals surface area contributed by atoms with Crippen molar-refractivity contribution in [3.63, 3.8) is 0 Å². The van der Waals surface area contributed by atoms with Crippen LogP contribution in [0, 0.1) is 11.3 Å². The molecule has 0 saturated heterocycles. The zero-order chi connectivity index (χ0) is 12.3. The fourth-order valence-corrected chi connectivity index (χ4v) is 3.75. The second-order valence-electron chi connectivity index (χ2n) is 5.49. The van der Waals surface area contributed by atoms with Gasteiger partial charge in [-0.2, -0.15) is 5.26 Å². The highest BCUT2D eigenvalue weighted by Gasteiger charge is 2.47. The van der Waals surface area contributed by atoms with Gasteiger partial charge in [0.15, 0.2) is 0 Å². The van der Waals surface area contributed by atoms with Crippen molar-refractivity contribution in [2.24, 2.45) is 0 Å². The highest BCUT2D eigenvalue weighted by molar-refractivity contribution is 9.10. The van der Waals surface area contributed by atoms with Gasteiger partial charge in [0.05, 0.1) is 17.0 Å². The molecule has 4 rings (SSSR count). The van der Waals surface area contributed by atoms with Gasteiger partial charge >= 0.3 is 0 Å². The number of aryl methyl sites for hydroxylation is 2. The van der Waals surface area contributed by atoms with E-state index in [1.165, 1.54) is 28.5 Å². The van der Waals surface area contributed by atoms with E-state index >= 15 is 0 Å². The topological polar surface area (TPSA) is 28.7 Å². The molecule has 1 aromatic carbocycles. The van der Waals surface area contributed by atoms with Crippen molar-refractivity contribution in [2.45, 2.75) is 37.6 Å². The SMILES string of the molecule is N#CC1(c2cn3c4c(cc(Br)cc24)CCC3)CC1. The number of aromatic nitrogens is 1. The Hall–Kier alpha value is -1.27. The zero-order valence-electron chi connectivity index (χ0n) is 10.0. The van der Waals surface area contributed by atoms with Crippen molar-refractivity contribution in [3.05, 3.63) is 33.9 Å². The molecule has 0 radical (unpaired) electrons. The quantitative estimate of drug-likeness (QED) is 0.785. The van der Waals surface area contributed by atoms with Gasteiger partial charge in [-0.05, 0) is 48.9 Å². The van der Waals surface area contributed by atoms with E-state index in [0.29, 0.717) is 0 Å². The molecular weight excluding hydrogens is 288 g/mol. The van der Waals surface area contributed by atoms with E-state index in [1.54, 1.807) is 0 Å². The van der Waals surface area contributed by atoms with Crippen molar-refractivity contribution < 1.29 is 0 Å². The van der Waals surface area contributed by atoms with Crippen LogP contribution in [0.15, 0.2) is 22.8 Å². The Kier molecular flexibility index (Phi) is 2.00. The number of rotatable bonds is 1. The highest BCUT2D eigenvalue weighted by Crippen LogP contribution is 2.51. The van der Waals surface area contributed by atoms with Crippen LogP contribution in [0.3, 0.4) is 0 Å². The van der Waals surface area contributed by atoms with Crippen LogP contribution in [0.25, 0.3) is 10.9 Å². The summed E-state index contributed by atoms with van der Waals surface area (Å²) in [5.74, 6) is 0. The molecule has 2 aliphatic rings. The van der Waals surface area contributed by atoms with Gasteiger partial charge in [0.25, 0.3) is 0 Å². The zero-order valence-corrected chi connectivity index (χ0v) is 11.6. The van der Waals surface area contributed by atoms with Gasteiger partial charge in [-0.3, -0.25) is 0 Å². The maximum absolute atomic E-state index is 9.43. The normalized spacial score (nSPS) is 19.8. The minimum atomic E-state index is -0.189. The first-order valence-electron chi connectivity index (χ1n) is 6.46. The number of benzene rings is 1. The van der Waals surface area contributed by atoms with Crippen molar-refractivity contribution in [1.82, 2.24) is 4.57 Å². The van der Waals surface area contributed by atoms with E-state index in [1.807, 2.05) is 0 Å². The van der Waals surface area contributed by atoms with E-state index in [-0.39, 0.29) is 5.41 Å². The predicted molar refractivity (Wildman–Crippen MR) is 74.5 cm³/mol. The largest absolute Gasteiger partial charge is 0.347 e. The molecule has 3 heteroatoms. The van der Waals surface area contributed by atoms with Gasteiger partial charge in [0.1, 0.15) is 0 Å². The Bertz CT molecular complexity index is 701. The van der Waals surface area contributed by atoms with Crippen LogP contribution in [0.5, 0.6) is 0 Å². The lowest BCUT2D eigenvalue weighted by Crippen LogP contribution is -2.06. The minimum Gasteiger partial charge on any atom is -0.347 e. The van der Waals surface area contributed by atoms with Crippen LogP contribution >= 0.6 is 15.9 Å². The molecule has 1 saturated carbocycles. The summed E-state index contributed by atoms with van der Waals surface area (Å²) in [6.45, 7) is 1.09. The molecule has 0 unspecified atom stereocenters. The summed E-state index contributed by atoms with van der Waals surface area (Å²) >= 11 is 3.61. The van der Waals surface area contributed by atoms with Crippen LogP contribution < -0.4 is 0 Å². The van der Waals surface area contributed by atoms with Crippen molar-refractivity contribution >= 4 is 26.8 Å². The summed E-state index contributed by atoms with van der Waals surface area (Å²) in [5.41, 5.74) is 3.85. The van der Waals surface area contributed by atoms with Gasteiger partial charge in [-0.25, -0.2) is 0 Å². The molecule has 0 N–H and O–H groups in total. The van der Waals surface area contributed by atoms with Gasteiger partial charge in [-0.1, -0.05) is 15.9 Å². The van der Waals surface area contributed by atoms with Crippen LogP contribution in [0.1, 0.15) is 30.4 Å². The van der Waals surface area contributed by atoms with Gasteiger partial charge in [-0.15, -0.1) is 0 Å². The molecule has 0 atom stereocenters. The molecule has 0 spiro atoms. The summed E-state index contributed by atoms with van der Waals surface area (Å²) in [4.78, 5) is 0. The number of halogens is 1. The molecule has 0 amide bonds. The lowest BCUT2D eigenvalue weighted by atomic mass is 9.95. The van der Waals surface area contributed by atoms with Crippen LogP contribution in [-0.2, 0) is 18.4 Å². The Labute approximate surface area is 114 Å². The first-order valence-corrected chi connectivity index (χ1v) is 7.26. The molecule has 2 aromatic rings. The third kappa shape index (κ3) is 1.27. The average Bonchev–Trinajstić information content (AvgIpc) is 3.08. The smallest absolute Gasteiger partial charge is 0.0844 e. The molecule has 1 fully saturated rings. The molecular formula is C15H13BrN2. The molecule has 2 nitrogen and oxygen atoms in total. The molecule has 0 bridgehead atoms. The van der Waals surface area contributed by atoms with Crippen LogP contribution in [0.4, 0.5) is 0 Å². The minimum absolute atomic E-state index is 0.189. The van der Waals surface area contributed by atoms with Crippen molar-refractivity contribution in [3.8, 4) is 6.07 Å². The summed E-state index contributed by atoms with van der Waals surface area (Å²) in [6.07, 6.45) is 6.62. The summed E-state index contributed by atoms with van der Waals surface area (Å²) in [5, 5.41) is 10.7. The predicted octanol–water partition coefficient (Wildman–Crippen LogP) is 3.91. The number of nitriles is 1. The highest BCUT2D eigenvalue weighted by atomic mass is 79.9. The third-order valence-corrected chi connectivity index (χ3v) is 4.80. The average molecular weight is 301 g/mol. The summed E-state index contributed by atoms with van der Waals surface area (Å²) < 4.78 is 3.49. The van der Waals surface area contributed by atoms with Crippen molar-refractivity contribution in [2.75, 3.05) is 0 Å². The molecule has 2 heterocycles. The lowest BCUT2D eigenvalue weighted by molar-refractivity contribution is 0.633. The molecule has 1 aliphatic carbocycles. The number of nitrogens with zero attached hydrogens (tertiary/aromatic N) is 2. The van der Waals surface area contributed by atoms with E-state index < -0.39 is 0 Å². The maximum atomic E-state index is 9.43. The molecule has 1 aliphatic heterocycles. The maximum Gasteiger partial charge on any atom is 0.0844 e.